The Morgan fingerprint density at radius 3 is 2.73 bits per heavy atom. The van der Waals surface area contributed by atoms with Gasteiger partial charge in [0.15, 0.2) is 0 Å². The molecular formula is C14H20O. The van der Waals surface area contributed by atoms with E-state index in [1.54, 1.807) is 0 Å². The summed E-state index contributed by atoms with van der Waals surface area (Å²) in [5, 5.41) is 0. The van der Waals surface area contributed by atoms with E-state index in [0.717, 1.165) is 31.6 Å². The lowest BCUT2D eigenvalue weighted by molar-refractivity contribution is 0.336. The van der Waals surface area contributed by atoms with Crippen LogP contribution in [-0.2, 0) is 12.8 Å². The SMILES string of the molecule is C=CCCc1cc(CC)ccc1OCC. The van der Waals surface area contributed by atoms with E-state index in [0.29, 0.717) is 0 Å². The predicted octanol–water partition coefficient (Wildman–Crippen LogP) is 3.77. The maximum atomic E-state index is 5.60. The van der Waals surface area contributed by atoms with Crippen LogP contribution < -0.4 is 4.74 Å². The zero-order valence-corrected chi connectivity index (χ0v) is 9.75. The molecule has 0 aliphatic rings. The second-order valence-corrected chi connectivity index (χ2v) is 3.56. The number of hydrogen-bond acceptors (Lipinski definition) is 1. The first-order valence-corrected chi connectivity index (χ1v) is 5.67. The van der Waals surface area contributed by atoms with Crippen LogP contribution in [-0.4, -0.2) is 6.61 Å². The van der Waals surface area contributed by atoms with Gasteiger partial charge in [-0.2, -0.15) is 0 Å². The van der Waals surface area contributed by atoms with Crippen LogP contribution in [0.15, 0.2) is 30.9 Å². The highest BCUT2D eigenvalue weighted by Gasteiger charge is 2.03. The predicted molar refractivity (Wildman–Crippen MR) is 65.5 cm³/mol. The van der Waals surface area contributed by atoms with E-state index in [-0.39, 0.29) is 0 Å². The molecule has 0 spiro atoms. The van der Waals surface area contributed by atoms with Gasteiger partial charge in [-0.25, -0.2) is 0 Å². The molecule has 0 radical (unpaired) electrons. The van der Waals surface area contributed by atoms with E-state index in [4.69, 9.17) is 4.74 Å². The van der Waals surface area contributed by atoms with Crippen molar-refractivity contribution in [2.45, 2.75) is 33.1 Å². The van der Waals surface area contributed by atoms with E-state index < -0.39 is 0 Å². The number of hydrogen-bond donors (Lipinski definition) is 0. The van der Waals surface area contributed by atoms with Gasteiger partial charge < -0.3 is 4.74 Å². The fraction of sp³-hybridized carbons (Fsp3) is 0.429. The third-order valence-corrected chi connectivity index (χ3v) is 2.45. The van der Waals surface area contributed by atoms with Crippen LogP contribution in [0.2, 0.25) is 0 Å². The zero-order valence-electron chi connectivity index (χ0n) is 9.75. The number of allylic oxidation sites excluding steroid dienone is 1. The molecule has 1 heteroatoms. The number of rotatable bonds is 6. The van der Waals surface area contributed by atoms with Gasteiger partial charge in [-0.1, -0.05) is 25.1 Å². The number of aryl methyl sites for hydroxylation is 2. The fourth-order valence-corrected chi connectivity index (χ4v) is 1.60. The summed E-state index contributed by atoms with van der Waals surface area (Å²) < 4.78 is 5.60. The largest absolute Gasteiger partial charge is 0.494 e. The van der Waals surface area contributed by atoms with E-state index in [9.17, 15) is 0 Å². The average Bonchev–Trinajstić information content (AvgIpc) is 2.28. The second-order valence-electron chi connectivity index (χ2n) is 3.56. The molecule has 1 rings (SSSR count). The lowest BCUT2D eigenvalue weighted by Crippen LogP contribution is -1.97. The smallest absolute Gasteiger partial charge is 0.122 e. The minimum atomic E-state index is 0.729. The monoisotopic (exact) mass is 204 g/mol. The van der Waals surface area contributed by atoms with Gasteiger partial charge in [-0.05, 0) is 43.4 Å². The molecule has 0 amide bonds. The van der Waals surface area contributed by atoms with Gasteiger partial charge in [0.2, 0.25) is 0 Å². The lowest BCUT2D eigenvalue weighted by atomic mass is 10.0. The highest BCUT2D eigenvalue weighted by molar-refractivity contribution is 5.37. The molecule has 0 saturated heterocycles. The van der Waals surface area contributed by atoms with Crippen LogP contribution in [0.1, 0.15) is 31.4 Å². The third kappa shape index (κ3) is 3.43. The molecule has 1 aromatic rings. The number of ether oxygens (including phenoxy) is 1. The molecular weight excluding hydrogens is 184 g/mol. The Bertz CT molecular complexity index is 315. The first-order chi connectivity index (χ1) is 7.31. The Morgan fingerprint density at radius 2 is 2.13 bits per heavy atom. The molecule has 82 valence electrons. The van der Waals surface area contributed by atoms with Gasteiger partial charge in [-0.3, -0.25) is 0 Å². The zero-order chi connectivity index (χ0) is 11.1. The van der Waals surface area contributed by atoms with Gasteiger partial charge in [0, 0.05) is 0 Å². The topological polar surface area (TPSA) is 9.23 Å². The molecule has 0 unspecified atom stereocenters. The van der Waals surface area contributed by atoms with Crippen LogP contribution >= 0.6 is 0 Å². The average molecular weight is 204 g/mol. The van der Waals surface area contributed by atoms with Crippen molar-refractivity contribution in [3.05, 3.63) is 42.0 Å². The molecule has 0 aliphatic heterocycles. The minimum Gasteiger partial charge on any atom is -0.494 e. The normalized spacial score (nSPS) is 10.0. The Kier molecular flexibility index (Phi) is 4.96. The Morgan fingerprint density at radius 1 is 1.33 bits per heavy atom. The summed E-state index contributed by atoms with van der Waals surface area (Å²) >= 11 is 0. The lowest BCUT2D eigenvalue weighted by Gasteiger charge is -2.10. The highest BCUT2D eigenvalue weighted by atomic mass is 16.5. The van der Waals surface area contributed by atoms with Gasteiger partial charge in [-0.15, -0.1) is 6.58 Å². The summed E-state index contributed by atoms with van der Waals surface area (Å²) in [5.74, 6) is 1.02. The van der Waals surface area contributed by atoms with Crippen molar-refractivity contribution < 1.29 is 4.74 Å². The van der Waals surface area contributed by atoms with Crippen molar-refractivity contribution in [1.29, 1.82) is 0 Å². The highest BCUT2D eigenvalue weighted by Crippen LogP contribution is 2.22. The second kappa shape index (κ2) is 6.28. The van der Waals surface area contributed by atoms with Gasteiger partial charge >= 0.3 is 0 Å². The van der Waals surface area contributed by atoms with E-state index in [2.05, 4.69) is 31.7 Å². The van der Waals surface area contributed by atoms with E-state index in [1.807, 2.05) is 13.0 Å². The van der Waals surface area contributed by atoms with Crippen molar-refractivity contribution >= 4 is 0 Å². The molecule has 0 bridgehead atoms. The van der Waals surface area contributed by atoms with Crippen LogP contribution in [0.3, 0.4) is 0 Å². The molecule has 1 nitrogen and oxygen atoms in total. The maximum absolute atomic E-state index is 5.60. The minimum absolute atomic E-state index is 0.729. The molecule has 0 heterocycles. The quantitative estimate of drug-likeness (QED) is 0.641. The summed E-state index contributed by atoms with van der Waals surface area (Å²) in [6, 6.07) is 6.47. The third-order valence-electron chi connectivity index (χ3n) is 2.45. The van der Waals surface area contributed by atoms with Crippen molar-refractivity contribution in [1.82, 2.24) is 0 Å². The van der Waals surface area contributed by atoms with Crippen LogP contribution in [0, 0.1) is 0 Å². The molecule has 0 aromatic heterocycles. The fourth-order valence-electron chi connectivity index (χ4n) is 1.60. The molecule has 0 atom stereocenters. The van der Waals surface area contributed by atoms with Crippen molar-refractivity contribution in [3.63, 3.8) is 0 Å². The molecule has 0 N–H and O–H groups in total. The molecule has 15 heavy (non-hydrogen) atoms. The standard InChI is InChI=1S/C14H20O/c1-4-7-8-13-11-12(5-2)9-10-14(13)15-6-3/h4,9-11H,1,5-8H2,2-3H3. The summed E-state index contributed by atoms with van der Waals surface area (Å²) in [6.45, 7) is 8.67. The van der Waals surface area contributed by atoms with Gasteiger partial charge in [0.05, 0.1) is 6.61 Å². The summed E-state index contributed by atoms with van der Waals surface area (Å²) in [4.78, 5) is 0. The first-order valence-electron chi connectivity index (χ1n) is 5.67. The molecule has 0 saturated carbocycles. The van der Waals surface area contributed by atoms with Crippen LogP contribution in [0.4, 0.5) is 0 Å². The van der Waals surface area contributed by atoms with Crippen molar-refractivity contribution in [3.8, 4) is 5.75 Å². The molecule has 0 fully saturated rings. The van der Waals surface area contributed by atoms with Gasteiger partial charge in [0.1, 0.15) is 5.75 Å². The Labute approximate surface area is 92.8 Å². The summed E-state index contributed by atoms with van der Waals surface area (Å²) in [5.41, 5.74) is 2.67. The summed E-state index contributed by atoms with van der Waals surface area (Å²) in [7, 11) is 0. The van der Waals surface area contributed by atoms with Crippen molar-refractivity contribution in [2.75, 3.05) is 6.61 Å². The maximum Gasteiger partial charge on any atom is 0.122 e. The van der Waals surface area contributed by atoms with Crippen molar-refractivity contribution in [2.24, 2.45) is 0 Å². The first kappa shape index (κ1) is 11.8. The van der Waals surface area contributed by atoms with Gasteiger partial charge in [0.25, 0.3) is 0 Å². The Balaban J connectivity index is 2.88. The van der Waals surface area contributed by atoms with Crippen LogP contribution in [0.5, 0.6) is 5.75 Å². The van der Waals surface area contributed by atoms with E-state index in [1.165, 1.54) is 11.1 Å². The molecule has 0 aliphatic carbocycles. The van der Waals surface area contributed by atoms with E-state index >= 15 is 0 Å². The van der Waals surface area contributed by atoms with Crippen LogP contribution in [0.25, 0.3) is 0 Å². The Hall–Kier alpha value is -1.24. The molecule has 1 aromatic carbocycles. The number of benzene rings is 1. The summed E-state index contributed by atoms with van der Waals surface area (Å²) in [6.07, 6.45) is 5.06.